The summed E-state index contributed by atoms with van der Waals surface area (Å²) >= 11 is 0. The molecule has 0 bridgehead atoms. The lowest BCUT2D eigenvalue weighted by Gasteiger charge is -2.02. The fraction of sp³-hybridized carbons (Fsp3) is 0.0833. The lowest BCUT2D eigenvalue weighted by Crippen LogP contribution is -2.11. The number of nitrogen functional groups attached to an aromatic ring is 1. The number of hydrogen-bond acceptors (Lipinski definition) is 4. The van der Waals surface area contributed by atoms with Crippen molar-refractivity contribution in [1.82, 2.24) is 15.0 Å². The molecule has 2 heterocycles. The Morgan fingerprint density at radius 3 is 2.88 bits per heavy atom. The zero-order valence-electron chi connectivity index (χ0n) is 9.19. The standard InChI is InChI=1S/C12H10N4O/c1-6-2-3-7-5-8-10(14-9(7)4-6)15-12(13)16-11(8)17/h2-5H,1H3,(H3,13,14,15,16,17). The number of pyridine rings is 1. The van der Waals surface area contributed by atoms with Crippen LogP contribution in [0.2, 0.25) is 0 Å². The zero-order valence-corrected chi connectivity index (χ0v) is 9.19. The second-order valence-corrected chi connectivity index (χ2v) is 4.01. The second-order valence-electron chi connectivity index (χ2n) is 4.01. The van der Waals surface area contributed by atoms with E-state index < -0.39 is 0 Å². The Bertz CT molecular complexity index is 791. The van der Waals surface area contributed by atoms with Gasteiger partial charge in [-0.2, -0.15) is 4.98 Å². The summed E-state index contributed by atoms with van der Waals surface area (Å²) in [5.74, 6) is 0.0852. The molecule has 5 nitrogen and oxygen atoms in total. The molecular formula is C12H10N4O. The number of nitrogens with one attached hydrogen (secondary N) is 1. The first-order valence-corrected chi connectivity index (χ1v) is 5.20. The van der Waals surface area contributed by atoms with E-state index in [2.05, 4.69) is 15.0 Å². The minimum Gasteiger partial charge on any atom is -0.369 e. The fourth-order valence-electron chi connectivity index (χ4n) is 1.84. The number of aromatic amines is 1. The van der Waals surface area contributed by atoms with Gasteiger partial charge in [-0.25, -0.2) is 4.98 Å². The van der Waals surface area contributed by atoms with Crippen molar-refractivity contribution in [1.29, 1.82) is 0 Å². The van der Waals surface area contributed by atoms with Crippen molar-refractivity contribution in [3.63, 3.8) is 0 Å². The third-order valence-electron chi connectivity index (χ3n) is 2.67. The summed E-state index contributed by atoms with van der Waals surface area (Å²) < 4.78 is 0. The van der Waals surface area contributed by atoms with Gasteiger partial charge in [0.2, 0.25) is 5.95 Å². The Morgan fingerprint density at radius 2 is 2.06 bits per heavy atom. The monoisotopic (exact) mass is 226 g/mol. The SMILES string of the molecule is Cc1ccc2cc3c(=O)[nH]c(N)nc3nc2c1. The predicted molar refractivity (Wildman–Crippen MR) is 66.8 cm³/mol. The van der Waals surface area contributed by atoms with Crippen LogP contribution >= 0.6 is 0 Å². The van der Waals surface area contributed by atoms with Gasteiger partial charge in [0, 0.05) is 5.39 Å². The van der Waals surface area contributed by atoms with Crippen LogP contribution in [0.15, 0.2) is 29.1 Å². The highest BCUT2D eigenvalue weighted by atomic mass is 16.1. The van der Waals surface area contributed by atoms with Gasteiger partial charge in [0.25, 0.3) is 5.56 Å². The summed E-state index contributed by atoms with van der Waals surface area (Å²) in [6, 6.07) is 7.65. The van der Waals surface area contributed by atoms with Crippen LogP contribution in [0.25, 0.3) is 21.9 Å². The van der Waals surface area contributed by atoms with Crippen LogP contribution in [0.3, 0.4) is 0 Å². The number of anilines is 1. The molecule has 0 fully saturated rings. The molecule has 5 heteroatoms. The number of nitrogens with zero attached hydrogens (tertiary/aromatic N) is 2. The van der Waals surface area contributed by atoms with Crippen LogP contribution < -0.4 is 11.3 Å². The third kappa shape index (κ3) is 1.52. The first kappa shape index (κ1) is 9.77. The number of aryl methyl sites for hydroxylation is 1. The van der Waals surface area contributed by atoms with Gasteiger partial charge in [-0.1, -0.05) is 12.1 Å². The first-order valence-electron chi connectivity index (χ1n) is 5.20. The van der Waals surface area contributed by atoms with Crippen LogP contribution in [0.1, 0.15) is 5.56 Å². The number of nitrogens with two attached hydrogens (primary N) is 1. The molecule has 0 unspecified atom stereocenters. The van der Waals surface area contributed by atoms with Crippen LogP contribution in [0.5, 0.6) is 0 Å². The van der Waals surface area contributed by atoms with Crippen LogP contribution in [0.4, 0.5) is 5.95 Å². The van der Waals surface area contributed by atoms with Gasteiger partial charge in [-0.05, 0) is 24.6 Å². The largest absolute Gasteiger partial charge is 0.369 e. The molecule has 0 aliphatic carbocycles. The Morgan fingerprint density at radius 1 is 1.24 bits per heavy atom. The Labute approximate surface area is 96.3 Å². The molecule has 0 aliphatic heterocycles. The first-order chi connectivity index (χ1) is 8.13. The molecular weight excluding hydrogens is 216 g/mol. The summed E-state index contributed by atoms with van der Waals surface area (Å²) in [7, 11) is 0. The molecule has 3 rings (SSSR count). The van der Waals surface area contributed by atoms with Gasteiger partial charge >= 0.3 is 0 Å². The minimum atomic E-state index is -0.262. The van der Waals surface area contributed by atoms with Gasteiger partial charge < -0.3 is 5.73 Å². The number of fused-ring (bicyclic) bond motifs is 2. The normalized spacial score (nSPS) is 11.1. The maximum atomic E-state index is 11.7. The number of H-pyrrole nitrogens is 1. The number of benzene rings is 1. The van der Waals surface area contributed by atoms with Crippen molar-refractivity contribution in [3.8, 4) is 0 Å². The molecule has 3 aromatic rings. The van der Waals surface area contributed by atoms with Crippen molar-refractivity contribution in [2.45, 2.75) is 6.92 Å². The van der Waals surface area contributed by atoms with Crippen molar-refractivity contribution in [2.24, 2.45) is 0 Å². The van der Waals surface area contributed by atoms with Crippen LogP contribution in [0, 0.1) is 6.92 Å². The predicted octanol–water partition coefficient (Wildman–Crippen LogP) is 1.36. The van der Waals surface area contributed by atoms with E-state index in [1.54, 1.807) is 6.07 Å². The second kappa shape index (κ2) is 3.28. The molecule has 0 atom stereocenters. The van der Waals surface area contributed by atoms with E-state index in [1.807, 2.05) is 25.1 Å². The molecule has 17 heavy (non-hydrogen) atoms. The lowest BCUT2D eigenvalue weighted by atomic mass is 10.1. The van der Waals surface area contributed by atoms with Gasteiger partial charge in [-0.15, -0.1) is 0 Å². The maximum Gasteiger partial charge on any atom is 0.261 e. The molecule has 2 aromatic heterocycles. The minimum absolute atomic E-state index is 0.0852. The maximum absolute atomic E-state index is 11.7. The fourth-order valence-corrected chi connectivity index (χ4v) is 1.84. The molecule has 84 valence electrons. The van der Waals surface area contributed by atoms with E-state index in [0.717, 1.165) is 16.5 Å². The number of aromatic nitrogens is 3. The van der Waals surface area contributed by atoms with E-state index in [4.69, 9.17) is 5.73 Å². The molecule has 0 saturated carbocycles. The van der Waals surface area contributed by atoms with Crippen molar-refractivity contribution in [2.75, 3.05) is 5.73 Å². The topological polar surface area (TPSA) is 84.7 Å². The summed E-state index contributed by atoms with van der Waals surface area (Å²) in [6.45, 7) is 1.99. The molecule has 0 radical (unpaired) electrons. The summed E-state index contributed by atoms with van der Waals surface area (Å²) in [5.41, 5.74) is 7.54. The van der Waals surface area contributed by atoms with Crippen molar-refractivity contribution >= 4 is 27.9 Å². The van der Waals surface area contributed by atoms with E-state index in [0.29, 0.717) is 11.0 Å². The van der Waals surface area contributed by atoms with Gasteiger partial charge in [0.1, 0.15) is 0 Å². The smallest absolute Gasteiger partial charge is 0.261 e. The van der Waals surface area contributed by atoms with E-state index in [9.17, 15) is 4.79 Å². The quantitative estimate of drug-likeness (QED) is 0.567. The number of hydrogen-bond donors (Lipinski definition) is 2. The van der Waals surface area contributed by atoms with Crippen molar-refractivity contribution < 1.29 is 0 Å². The number of rotatable bonds is 0. The van der Waals surface area contributed by atoms with Crippen LogP contribution in [-0.4, -0.2) is 15.0 Å². The average molecular weight is 226 g/mol. The Hall–Kier alpha value is -2.43. The van der Waals surface area contributed by atoms with Gasteiger partial charge in [-0.3, -0.25) is 9.78 Å². The highest BCUT2D eigenvalue weighted by Gasteiger charge is 2.05. The summed E-state index contributed by atoms with van der Waals surface area (Å²) in [4.78, 5) is 22.5. The van der Waals surface area contributed by atoms with Crippen LogP contribution in [-0.2, 0) is 0 Å². The van der Waals surface area contributed by atoms with E-state index >= 15 is 0 Å². The molecule has 0 spiro atoms. The molecule has 0 saturated heterocycles. The third-order valence-corrected chi connectivity index (χ3v) is 2.67. The van der Waals surface area contributed by atoms with E-state index in [1.165, 1.54) is 0 Å². The summed E-state index contributed by atoms with van der Waals surface area (Å²) in [5, 5.41) is 1.37. The van der Waals surface area contributed by atoms with Crippen molar-refractivity contribution in [3.05, 3.63) is 40.2 Å². The molecule has 3 N–H and O–H groups in total. The molecule has 0 amide bonds. The Balaban J connectivity index is 2.52. The average Bonchev–Trinajstić information content (AvgIpc) is 2.26. The van der Waals surface area contributed by atoms with Gasteiger partial charge in [0.05, 0.1) is 10.9 Å². The molecule has 0 aliphatic rings. The molecule has 1 aromatic carbocycles. The highest BCUT2D eigenvalue weighted by molar-refractivity contribution is 5.91. The summed E-state index contributed by atoms with van der Waals surface area (Å²) in [6.07, 6.45) is 0. The Kier molecular flexibility index (Phi) is 1.89. The van der Waals surface area contributed by atoms with Gasteiger partial charge in [0.15, 0.2) is 5.65 Å². The van der Waals surface area contributed by atoms with E-state index in [-0.39, 0.29) is 11.5 Å². The lowest BCUT2D eigenvalue weighted by molar-refractivity contribution is 1.17. The zero-order chi connectivity index (χ0) is 12.0. The highest BCUT2D eigenvalue weighted by Crippen LogP contribution is 2.17.